The number of methoxy groups -OCH3 is 1. The fourth-order valence-corrected chi connectivity index (χ4v) is 4.11. The molecule has 7 heteroatoms. The van der Waals surface area contributed by atoms with E-state index in [0.717, 1.165) is 25.0 Å². The Balaban J connectivity index is 1.76. The van der Waals surface area contributed by atoms with Crippen molar-refractivity contribution in [1.29, 1.82) is 0 Å². The zero-order valence-corrected chi connectivity index (χ0v) is 15.0. The van der Waals surface area contributed by atoms with Gasteiger partial charge in [0.15, 0.2) is 0 Å². The maximum Gasteiger partial charge on any atom is 0.266 e. The van der Waals surface area contributed by atoms with Crippen molar-refractivity contribution in [3.63, 3.8) is 0 Å². The molecule has 1 atom stereocenters. The van der Waals surface area contributed by atoms with Crippen LogP contribution in [0.4, 0.5) is 0 Å². The molecule has 0 N–H and O–H groups in total. The van der Waals surface area contributed by atoms with Crippen molar-refractivity contribution in [3.05, 3.63) is 33.7 Å². The molecule has 2 fully saturated rings. The number of carbonyl (C=O) groups is 1. The Bertz CT molecular complexity index is 671. The Morgan fingerprint density at radius 2 is 2.39 bits per heavy atom. The number of hydrogen-bond acceptors (Lipinski definition) is 5. The smallest absolute Gasteiger partial charge is 0.266 e. The number of hydrogen-bond donors (Lipinski definition) is 0. The summed E-state index contributed by atoms with van der Waals surface area (Å²) in [6.07, 6.45) is 3.91. The van der Waals surface area contributed by atoms with Crippen molar-refractivity contribution in [2.75, 3.05) is 20.3 Å². The van der Waals surface area contributed by atoms with Gasteiger partial charge in [-0.1, -0.05) is 41.6 Å². The number of rotatable bonds is 4. The Labute approximate surface area is 149 Å². The molecule has 2 aliphatic heterocycles. The van der Waals surface area contributed by atoms with E-state index in [0.29, 0.717) is 26.5 Å². The molecule has 1 amide bonds. The minimum atomic E-state index is -0.0672. The SMILES string of the molecule is COc1ccc(/C=C2\SC(=S)N(C[C@@H]3CCCO3)C2=O)cc1Cl. The second-order valence-corrected chi connectivity index (χ2v) is 7.40. The Kier molecular flexibility index (Phi) is 5.26. The van der Waals surface area contributed by atoms with Gasteiger partial charge in [-0.3, -0.25) is 9.69 Å². The first-order chi connectivity index (χ1) is 11.1. The van der Waals surface area contributed by atoms with Crippen molar-refractivity contribution in [2.45, 2.75) is 18.9 Å². The molecule has 0 aliphatic carbocycles. The highest BCUT2D eigenvalue weighted by atomic mass is 35.5. The number of thiocarbonyl (C=S) groups is 1. The lowest BCUT2D eigenvalue weighted by molar-refractivity contribution is -0.123. The number of nitrogens with zero attached hydrogens (tertiary/aromatic N) is 1. The predicted octanol–water partition coefficient (Wildman–Crippen LogP) is 3.73. The standard InChI is InChI=1S/C16H16ClNO3S2/c1-20-13-5-4-10(7-12(13)17)8-14-15(19)18(16(22)23-14)9-11-3-2-6-21-11/h4-5,7-8,11H,2-3,6,9H2,1H3/b14-8-/t11-/m0/s1. The van der Waals surface area contributed by atoms with Gasteiger partial charge in [-0.25, -0.2) is 0 Å². The Morgan fingerprint density at radius 1 is 1.57 bits per heavy atom. The van der Waals surface area contributed by atoms with E-state index in [1.54, 1.807) is 30.2 Å². The molecule has 0 aromatic heterocycles. The van der Waals surface area contributed by atoms with E-state index in [2.05, 4.69) is 0 Å². The third kappa shape index (κ3) is 3.71. The monoisotopic (exact) mass is 369 g/mol. The van der Waals surface area contributed by atoms with E-state index in [9.17, 15) is 4.79 Å². The van der Waals surface area contributed by atoms with Crippen molar-refractivity contribution in [3.8, 4) is 5.75 Å². The second kappa shape index (κ2) is 7.21. The van der Waals surface area contributed by atoms with E-state index in [1.165, 1.54) is 11.8 Å². The summed E-state index contributed by atoms with van der Waals surface area (Å²) in [4.78, 5) is 14.8. The minimum Gasteiger partial charge on any atom is -0.495 e. The lowest BCUT2D eigenvalue weighted by atomic mass is 10.2. The van der Waals surface area contributed by atoms with Gasteiger partial charge in [0, 0.05) is 6.61 Å². The molecule has 4 nitrogen and oxygen atoms in total. The molecule has 0 saturated carbocycles. The molecular formula is C16H16ClNO3S2. The summed E-state index contributed by atoms with van der Waals surface area (Å²) in [5.74, 6) is 0.539. The van der Waals surface area contributed by atoms with Crippen LogP contribution in [0.2, 0.25) is 5.02 Å². The van der Waals surface area contributed by atoms with Gasteiger partial charge in [0.2, 0.25) is 0 Å². The van der Waals surface area contributed by atoms with Crippen LogP contribution < -0.4 is 4.74 Å². The number of benzene rings is 1. The topological polar surface area (TPSA) is 38.8 Å². The number of thioether (sulfide) groups is 1. The molecule has 3 rings (SSSR count). The van der Waals surface area contributed by atoms with Crippen LogP contribution in [0.1, 0.15) is 18.4 Å². The normalized spacial score (nSPS) is 23.1. The highest BCUT2D eigenvalue weighted by molar-refractivity contribution is 8.26. The van der Waals surface area contributed by atoms with Crippen molar-refractivity contribution >= 4 is 51.9 Å². The summed E-state index contributed by atoms with van der Waals surface area (Å²) in [5.41, 5.74) is 0.841. The maximum atomic E-state index is 12.6. The summed E-state index contributed by atoms with van der Waals surface area (Å²) in [6.45, 7) is 1.30. The van der Waals surface area contributed by atoms with E-state index < -0.39 is 0 Å². The first-order valence-electron chi connectivity index (χ1n) is 7.29. The first-order valence-corrected chi connectivity index (χ1v) is 8.89. The van der Waals surface area contributed by atoms with E-state index in [4.69, 9.17) is 33.3 Å². The van der Waals surface area contributed by atoms with Gasteiger partial charge in [0.25, 0.3) is 5.91 Å². The minimum absolute atomic E-state index is 0.0672. The summed E-state index contributed by atoms with van der Waals surface area (Å²) >= 11 is 12.8. The van der Waals surface area contributed by atoms with Crippen LogP contribution in [-0.2, 0) is 9.53 Å². The van der Waals surface area contributed by atoms with Crippen LogP contribution in [0.5, 0.6) is 5.75 Å². The number of carbonyl (C=O) groups excluding carboxylic acids is 1. The number of halogens is 1. The average Bonchev–Trinajstić information content (AvgIpc) is 3.12. The Morgan fingerprint density at radius 3 is 3.04 bits per heavy atom. The maximum absolute atomic E-state index is 12.6. The Hall–Kier alpha value is -1.08. The number of ether oxygens (including phenoxy) is 2. The predicted molar refractivity (Wildman–Crippen MR) is 96.9 cm³/mol. The quantitative estimate of drug-likeness (QED) is 0.597. The van der Waals surface area contributed by atoms with Gasteiger partial charge in [-0.05, 0) is 36.6 Å². The van der Waals surface area contributed by atoms with Crippen molar-refractivity contribution in [2.24, 2.45) is 0 Å². The van der Waals surface area contributed by atoms with E-state index >= 15 is 0 Å². The van der Waals surface area contributed by atoms with Crippen LogP contribution in [-0.4, -0.2) is 41.5 Å². The third-order valence-corrected chi connectivity index (χ3v) is 5.43. The zero-order valence-electron chi connectivity index (χ0n) is 12.6. The molecule has 2 saturated heterocycles. The van der Waals surface area contributed by atoms with Gasteiger partial charge in [0.1, 0.15) is 10.1 Å². The molecule has 23 heavy (non-hydrogen) atoms. The molecule has 0 spiro atoms. The van der Waals surface area contributed by atoms with E-state index in [-0.39, 0.29) is 12.0 Å². The lowest BCUT2D eigenvalue weighted by Gasteiger charge is -2.18. The highest BCUT2D eigenvalue weighted by Gasteiger charge is 2.34. The van der Waals surface area contributed by atoms with Crippen molar-refractivity contribution in [1.82, 2.24) is 4.90 Å². The first kappa shape index (κ1) is 16.8. The lowest BCUT2D eigenvalue weighted by Crippen LogP contribution is -2.35. The van der Waals surface area contributed by atoms with Crippen LogP contribution in [0, 0.1) is 0 Å². The number of amides is 1. The van der Waals surface area contributed by atoms with Gasteiger partial charge in [-0.2, -0.15) is 0 Å². The van der Waals surface area contributed by atoms with Gasteiger partial charge >= 0.3 is 0 Å². The molecule has 2 aliphatic rings. The van der Waals surface area contributed by atoms with Gasteiger partial charge in [0.05, 0.1) is 29.7 Å². The molecule has 0 unspecified atom stereocenters. The molecule has 122 valence electrons. The average molecular weight is 370 g/mol. The van der Waals surface area contributed by atoms with Crippen LogP contribution in [0.15, 0.2) is 23.1 Å². The summed E-state index contributed by atoms with van der Waals surface area (Å²) in [7, 11) is 1.57. The molecule has 2 heterocycles. The molecule has 1 aromatic rings. The fraction of sp³-hybridized carbons (Fsp3) is 0.375. The second-order valence-electron chi connectivity index (χ2n) is 5.32. The zero-order chi connectivity index (χ0) is 16.4. The van der Waals surface area contributed by atoms with Crippen molar-refractivity contribution < 1.29 is 14.3 Å². The van der Waals surface area contributed by atoms with Gasteiger partial charge in [-0.15, -0.1) is 0 Å². The largest absolute Gasteiger partial charge is 0.495 e. The summed E-state index contributed by atoms with van der Waals surface area (Å²) in [5, 5.41) is 0.510. The third-order valence-electron chi connectivity index (χ3n) is 3.76. The summed E-state index contributed by atoms with van der Waals surface area (Å²) in [6, 6.07) is 5.41. The van der Waals surface area contributed by atoms with Crippen LogP contribution in [0.3, 0.4) is 0 Å². The highest BCUT2D eigenvalue weighted by Crippen LogP contribution is 2.34. The molecule has 1 aromatic carbocycles. The summed E-state index contributed by atoms with van der Waals surface area (Å²) < 4.78 is 11.3. The molecule has 0 bridgehead atoms. The van der Waals surface area contributed by atoms with Crippen LogP contribution in [0.25, 0.3) is 6.08 Å². The fourth-order valence-electron chi connectivity index (χ4n) is 2.57. The molecule has 0 radical (unpaired) electrons. The van der Waals surface area contributed by atoms with Gasteiger partial charge < -0.3 is 9.47 Å². The van der Waals surface area contributed by atoms with Crippen LogP contribution >= 0.6 is 35.6 Å². The van der Waals surface area contributed by atoms with E-state index in [1.807, 2.05) is 6.07 Å². The molecular weight excluding hydrogens is 354 g/mol.